The number of hydrogen-bond acceptors (Lipinski definition) is 6. The molecule has 1 aromatic carbocycles. The van der Waals surface area contributed by atoms with E-state index in [0.717, 1.165) is 40.3 Å². The molecule has 1 amide bonds. The summed E-state index contributed by atoms with van der Waals surface area (Å²) in [6.07, 6.45) is 4.80. The monoisotopic (exact) mass is 495 g/mol. The van der Waals surface area contributed by atoms with Gasteiger partial charge in [-0.3, -0.25) is 9.48 Å². The Bertz CT molecular complexity index is 1670. The zero-order valence-corrected chi connectivity index (χ0v) is 21.7. The van der Waals surface area contributed by atoms with Crippen molar-refractivity contribution in [3.8, 4) is 11.5 Å². The Labute approximate surface area is 214 Å². The fraction of sp³-hybridized carbons (Fsp3) is 0.333. The van der Waals surface area contributed by atoms with Crippen LogP contribution < -0.4 is 0 Å². The van der Waals surface area contributed by atoms with Crippen molar-refractivity contribution < 1.29 is 4.79 Å². The van der Waals surface area contributed by atoms with Crippen molar-refractivity contribution in [2.75, 3.05) is 6.54 Å². The highest BCUT2D eigenvalue weighted by molar-refractivity contribution is 6.00. The van der Waals surface area contributed by atoms with Crippen LogP contribution in [0.4, 0.5) is 0 Å². The summed E-state index contributed by atoms with van der Waals surface area (Å²) < 4.78 is 5.54. The van der Waals surface area contributed by atoms with Crippen molar-refractivity contribution in [2.24, 2.45) is 14.1 Å². The summed E-state index contributed by atoms with van der Waals surface area (Å²) in [5.74, 6) is 0.614. The largest absolute Gasteiger partial charge is 0.334 e. The fourth-order valence-corrected chi connectivity index (χ4v) is 5.33. The molecule has 0 aliphatic carbocycles. The van der Waals surface area contributed by atoms with E-state index >= 15 is 0 Å². The van der Waals surface area contributed by atoms with Crippen LogP contribution in [0.1, 0.15) is 49.7 Å². The highest BCUT2D eigenvalue weighted by atomic mass is 16.2. The average Bonchev–Trinajstić information content (AvgIpc) is 3.59. The molecule has 0 spiro atoms. The summed E-state index contributed by atoms with van der Waals surface area (Å²) in [7, 11) is 3.83. The Morgan fingerprint density at radius 3 is 2.68 bits per heavy atom. The quantitative estimate of drug-likeness (QED) is 0.380. The van der Waals surface area contributed by atoms with Gasteiger partial charge in [-0.1, -0.05) is 24.3 Å². The van der Waals surface area contributed by atoms with Gasteiger partial charge in [-0.25, -0.2) is 9.50 Å². The first-order chi connectivity index (χ1) is 17.8. The minimum absolute atomic E-state index is 0.0774. The van der Waals surface area contributed by atoms with Crippen LogP contribution in [0, 0.1) is 20.8 Å². The lowest BCUT2D eigenvalue weighted by Gasteiger charge is -2.27. The van der Waals surface area contributed by atoms with E-state index in [1.54, 1.807) is 17.0 Å². The van der Waals surface area contributed by atoms with E-state index in [9.17, 15) is 4.79 Å². The molecule has 6 rings (SSSR count). The predicted molar refractivity (Wildman–Crippen MR) is 138 cm³/mol. The van der Waals surface area contributed by atoms with Gasteiger partial charge in [-0.2, -0.15) is 10.2 Å². The summed E-state index contributed by atoms with van der Waals surface area (Å²) in [5, 5.41) is 17.5. The fourth-order valence-electron chi connectivity index (χ4n) is 5.33. The number of fused-ring (bicyclic) bond motifs is 2. The molecule has 1 aliphatic heterocycles. The molecule has 1 aliphatic rings. The average molecular weight is 496 g/mol. The van der Waals surface area contributed by atoms with Gasteiger partial charge in [0.2, 0.25) is 0 Å². The third kappa shape index (κ3) is 3.71. The summed E-state index contributed by atoms with van der Waals surface area (Å²) in [6, 6.07) is 8.38. The van der Waals surface area contributed by atoms with Crippen LogP contribution in [0.2, 0.25) is 0 Å². The van der Waals surface area contributed by atoms with E-state index in [1.807, 2.05) is 42.1 Å². The van der Waals surface area contributed by atoms with Gasteiger partial charge in [0.25, 0.3) is 5.91 Å². The second kappa shape index (κ2) is 8.65. The third-order valence-electron chi connectivity index (χ3n) is 7.52. The minimum atomic E-state index is -0.0774. The Hall–Kier alpha value is -4.34. The van der Waals surface area contributed by atoms with Crippen LogP contribution in [0.25, 0.3) is 17.2 Å². The molecule has 0 radical (unpaired) electrons. The van der Waals surface area contributed by atoms with Crippen molar-refractivity contribution in [3.63, 3.8) is 0 Å². The maximum absolute atomic E-state index is 13.8. The van der Waals surface area contributed by atoms with E-state index < -0.39 is 0 Å². The molecule has 10 heteroatoms. The lowest BCUT2D eigenvalue weighted by molar-refractivity contribution is 0.0735. The molecular weight excluding hydrogens is 466 g/mol. The summed E-state index contributed by atoms with van der Waals surface area (Å²) >= 11 is 0. The first-order valence-electron chi connectivity index (χ1n) is 12.4. The molecule has 0 bridgehead atoms. The molecule has 10 nitrogen and oxygen atoms in total. The van der Waals surface area contributed by atoms with Crippen LogP contribution in [-0.4, -0.2) is 56.5 Å². The molecule has 5 aromatic rings. The van der Waals surface area contributed by atoms with Crippen LogP contribution >= 0.6 is 0 Å². The van der Waals surface area contributed by atoms with E-state index in [1.165, 1.54) is 11.1 Å². The number of rotatable bonds is 4. The van der Waals surface area contributed by atoms with Crippen LogP contribution in [0.5, 0.6) is 0 Å². The molecule has 5 heterocycles. The van der Waals surface area contributed by atoms with Gasteiger partial charge in [0.1, 0.15) is 17.6 Å². The van der Waals surface area contributed by atoms with E-state index in [4.69, 9.17) is 10.1 Å². The summed E-state index contributed by atoms with van der Waals surface area (Å²) in [6.45, 7) is 7.23. The number of hydrogen-bond donors (Lipinski definition) is 0. The molecule has 0 fully saturated rings. The maximum Gasteiger partial charge on any atom is 0.259 e. The number of aromatic nitrogens is 8. The molecule has 0 N–H and O–H groups in total. The van der Waals surface area contributed by atoms with Gasteiger partial charge in [0.15, 0.2) is 11.5 Å². The van der Waals surface area contributed by atoms with Gasteiger partial charge in [0, 0.05) is 56.1 Å². The number of carbonyl (C=O) groups is 1. The number of nitrogens with zero attached hydrogens (tertiary/aromatic N) is 9. The zero-order valence-electron chi connectivity index (χ0n) is 21.7. The molecule has 0 saturated carbocycles. The van der Waals surface area contributed by atoms with Crippen molar-refractivity contribution >= 4 is 11.6 Å². The Kier molecular flexibility index (Phi) is 5.40. The SMILES string of the molecule is Cc1ccccc1Cc1c(C)nc2c(C(=O)N3CCc4c(c(-c5nncn5C)nn4C)C3)cnn2c1C. The van der Waals surface area contributed by atoms with Gasteiger partial charge in [-0.15, -0.1) is 10.2 Å². The first kappa shape index (κ1) is 23.1. The second-order valence-corrected chi connectivity index (χ2v) is 9.80. The number of benzene rings is 1. The molecule has 4 aromatic heterocycles. The van der Waals surface area contributed by atoms with Crippen molar-refractivity contribution in [2.45, 2.75) is 40.2 Å². The molecule has 188 valence electrons. The summed E-state index contributed by atoms with van der Waals surface area (Å²) in [4.78, 5) is 20.5. The normalized spacial score (nSPS) is 13.4. The van der Waals surface area contributed by atoms with Crippen molar-refractivity contribution in [1.29, 1.82) is 0 Å². The lowest BCUT2D eigenvalue weighted by atomic mass is 9.98. The summed E-state index contributed by atoms with van der Waals surface area (Å²) in [5.41, 5.74) is 9.57. The molecule has 0 saturated heterocycles. The number of aryl methyl sites for hydroxylation is 5. The topological polar surface area (TPSA) is 99.0 Å². The van der Waals surface area contributed by atoms with Gasteiger partial charge >= 0.3 is 0 Å². The number of amides is 1. The van der Waals surface area contributed by atoms with Crippen molar-refractivity contribution in [3.05, 3.63) is 81.7 Å². The van der Waals surface area contributed by atoms with Crippen LogP contribution in [0.3, 0.4) is 0 Å². The van der Waals surface area contributed by atoms with Gasteiger partial charge in [0.05, 0.1) is 12.7 Å². The lowest BCUT2D eigenvalue weighted by Crippen LogP contribution is -2.36. The molecule has 0 unspecified atom stereocenters. The molecule has 37 heavy (non-hydrogen) atoms. The van der Waals surface area contributed by atoms with E-state index in [0.29, 0.717) is 36.5 Å². The van der Waals surface area contributed by atoms with Crippen molar-refractivity contribution in [1.82, 2.24) is 44.0 Å². The highest BCUT2D eigenvalue weighted by Crippen LogP contribution is 2.30. The first-order valence-corrected chi connectivity index (χ1v) is 12.4. The zero-order chi connectivity index (χ0) is 25.8. The standard InChI is InChI=1S/C27H29N9O/c1-16-8-6-7-9-19(16)12-20-17(2)30-25-21(13-29-36(25)18(20)3)27(37)35-11-10-23-22(14-35)24(32-34(23)5)26-31-28-15-33(26)4/h6-9,13,15H,10-12,14H2,1-5H3. The molecule has 0 atom stereocenters. The molecular formula is C27H29N9O. The second-order valence-electron chi connectivity index (χ2n) is 9.80. The Balaban J connectivity index is 1.34. The maximum atomic E-state index is 13.8. The number of carbonyl (C=O) groups excluding carboxylic acids is 1. The minimum Gasteiger partial charge on any atom is -0.334 e. The van der Waals surface area contributed by atoms with Crippen LogP contribution in [-0.2, 0) is 33.5 Å². The van der Waals surface area contributed by atoms with Gasteiger partial charge < -0.3 is 9.47 Å². The predicted octanol–water partition coefficient (Wildman–Crippen LogP) is 2.97. The smallest absolute Gasteiger partial charge is 0.259 e. The van der Waals surface area contributed by atoms with Crippen LogP contribution in [0.15, 0.2) is 36.8 Å². The Morgan fingerprint density at radius 1 is 1.11 bits per heavy atom. The van der Waals surface area contributed by atoms with E-state index in [-0.39, 0.29) is 5.91 Å². The third-order valence-corrected chi connectivity index (χ3v) is 7.52. The van der Waals surface area contributed by atoms with Gasteiger partial charge in [-0.05, 0) is 37.5 Å². The highest BCUT2D eigenvalue weighted by Gasteiger charge is 2.31. The Morgan fingerprint density at radius 2 is 1.92 bits per heavy atom. The van der Waals surface area contributed by atoms with E-state index in [2.05, 4.69) is 46.5 Å².